The van der Waals surface area contributed by atoms with Crippen molar-refractivity contribution < 1.29 is 28.2 Å². The summed E-state index contributed by atoms with van der Waals surface area (Å²) in [5, 5.41) is 9.47. The number of nitrogens with zero attached hydrogens (tertiary/aromatic N) is 4. The SMILES string of the molecule is O=C(O)c1ccc2nc(Cc3cc(F)c(-c4cccc(OCc5ccc6ncsc6c5)n4)cc3F)n(C[C@@H]3CCO3)c2c1. The van der Waals surface area contributed by atoms with Crippen LogP contribution in [0.1, 0.15) is 33.7 Å². The molecule has 1 aliphatic heterocycles. The molecule has 1 aliphatic rings. The molecule has 8 nitrogen and oxygen atoms in total. The summed E-state index contributed by atoms with van der Waals surface area (Å²) in [6, 6.07) is 17.8. The van der Waals surface area contributed by atoms with E-state index in [0.29, 0.717) is 35.9 Å². The van der Waals surface area contributed by atoms with Gasteiger partial charge in [0.05, 0.1) is 50.7 Å². The maximum atomic E-state index is 15.5. The second kappa shape index (κ2) is 11.2. The maximum Gasteiger partial charge on any atom is 0.335 e. The summed E-state index contributed by atoms with van der Waals surface area (Å²) in [4.78, 5) is 24.9. The zero-order valence-corrected chi connectivity index (χ0v) is 23.5. The lowest BCUT2D eigenvalue weighted by atomic mass is 10.0. The van der Waals surface area contributed by atoms with Gasteiger partial charge in [-0.25, -0.2) is 28.5 Å². The van der Waals surface area contributed by atoms with Crippen molar-refractivity contribution in [2.24, 2.45) is 0 Å². The zero-order chi connectivity index (χ0) is 29.5. The quantitative estimate of drug-likeness (QED) is 0.199. The first-order chi connectivity index (χ1) is 20.9. The van der Waals surface area contributed by atoms with Crippen LogP contribution >= 0.6 is 11.3 Å². The molecule has 0 saturated carbocycles. The van der Waals surface area contributed by atoms with Gasteiger partial charge in [-0.15, -0.1) is 11.3 Å². The minimum absolute atomic E-state index is 0.00746. The molecule has 6 aromatic rings. The Kier molecular flexibility index (Phi) is 7.04. The number of rotatable bonds is 9. The van der Waals surface area contributed by atoms with Crippen molar-refractivity contribution in [3.05, 3.63) is 106 Å². The normalized spacial score (nSPS) is 14.7. The second-order valence-electron chi connectivity index (χ2n) is 10.3. The van der Waals surface area contributed by atoms with Gasteiger partial charge in [0, 0.05) is 24.7 Å². The third-order valence-electron chi connectivity index (χ3n) is 7.52. The third kappa shape index (κ3) is 5.44. The molecule has 0 aliphatic carbocycles. The summed E-state index contributed by atoms with van der Waals surface area (Å²) in [6.07, 6.45) is 0.810. The number of aromatic carboxylic acids is 1. The van der Waals surface area contributed by atoms with Gasteiger partial charge < -0.3 is 19.1 Å². The van der Waals surface area contributed by atoms with Crippen molar-refractivity contribution in [1.29, 1.82) is 0 Å². The minimum atomic E-state index is -1.06. The molecule has 4 heterocycles. The van der Waals surface area contributed by atoms with Crippen molar-refractivity contribution in [2.45, 2.75) is 32.1 Å². The predicted octanol–water partition coefficient (Wildman–Crippen LogP) is 6.64. The molecule has 0 amide bonds. The fourth-order valence-corrected chi connectivity index (χ4v) is 5.90. The smallest absolute Gasteiger partial charge is 0.335 e. The Bertz CT molecular complexity index is 2000. The van der Waals surface area contributed by atoms with Crippen LogP contribution in [0.3, 0.4) is 0 Å². The number of fused-ring (bicyclic) bond motifs is 2. The molecular weight excluding hydrogens is 574 g/mol. The molecule has 1 N–H and O–H groups in total. The van der Waals surface area contributed by atoms with Crippen LogP contribution in [0.25, 0.3) is 32.5 Å². The summed E-state index contributed by atoms with van der Waals surface area (Å²) < 4.78 is 45.3. The summed E-state index contributed by atoms with van der Waals surface area (Å²) in [6.45, 7) is 1.35. The summed E-state index contributed by atoms with van der Waals surface area (Å²) in [5.41, 5.74) is 5.34. The first kappa shape index (κ1) is 27.1. The fraction of sp³-hybridized carbons (Fsp3) is 0.188. The maximum absolute atomic E-state index is 15.5. The van der Waals surface area contributed by atoms with Gasteiger partial charge in [0.2, 0.25) is 5.88 Å². The monoisotopic (exact) mass is 598 g/mol. The number of ether oxygens (including phenoxy) is 2. The number of imidazole rings is 1. The number of carboxylic acids is 1. The molecule has 0 spiro atoms. The van der Waals surface area contributed by atoms with Crippen LogP contribution in [-0.2, 0) is 24.3 Å². The fourth-order valence-electron chi connectivity index (χ4n) is 5.16. The van der Waals surface area contributed by atoms with Crippen molar-refractivity contribution in [1.82, 2.24) is 19.5 Å². The van der Waals surface area contributed by atoms with E-state index in [-0.39, 0.29) is 41.5 Å². The van der Waals surface area contributed by atoms with E-state index < -0.39 is 17.6 Å². The van der Waals surface area contributed by atoms with Crippen molar-refractivity contribution in [3.8, 4) is 17.1 Å². The van der Waals surface area contributed by atoms with Crippen molar-refractivity contribution in [2.75, 3.05) is 6.61 Å². The number of hydrogen-bond acceptors (Lipinski definition) is 7. The summed E-state index contributed by atoms with van der Waals surface area (Å²) >= 11 is 1.54. The lowest BCUT2D eigenvalue weighted by Gasteiger charge is -2.27. The Morgan fingerprint density at radius 2 is 1.91 bits per heavy atom. The number of carboxylic acid groups (broad SMARTS) is 1. The number of halogens is 2. The standard InChI is InChI=1S/C32H24F2N4O4S/c33-23-14-22(25-2-1-3-31(37-25)42-16-18-4-6-27-29(10-18)43-17-35-27)24(34)11-20(23)13-30-36-26-7-5-19(32(39)40)12-28(26)38(30)15-21-8-9-41-21/h1-7,10-12,14,17,21H,8-9,13,15-16H2,(H,39,40)/t21-/m0/s1. The number of carbonyl (C=O) groups is 1. The largest absolute Gasteiger partial charge is 0.478 e. The van der Waals surface area contributed by atoms with E-state index in [9.17, 15) is 9.90 Å². The molecule has 3 aromatic heterocycles. The van der Waals surface area contributed by atoms with Gasteiger partial charge in [0.1, 0.15) is 24.1 Å². The van der Waals surface area contributed by atoms with Crippen LogP contribution in [0, 0.1) is 11.6 Å². The molecule has 1 fully saturated rings. The first-order valence-corrected chi connectivity index (χ1v) is 14.5. The highest BCUT2D eigenvalue weighted by Crippen LogP contribution is 2.29. The summed E-state index contributed by atoms with van der Waals surface area (Å²) in [7, 11) is 0. The van der Waals surface area contributed by atoms with E-state index in [1.165, 1.54) is 6.07 Å². The molecule has 0 unspecified atom stereocenters. The van der Waals surface area contributed by atoms with Crippen LogP contribution in [0.2, 0.25) is 0 Å². The average Bonchev–Trinajstić information content (AvgIpc) is 3.59. The third-order valence-corrected chi connectivity index (χ3v) is 8.31. The molecule has 11 heteroatoms. The molecule has 1 saturated heterocycles. The van der Waals surface area contributed by atoms with Gasteiger partial charge in [-0.2, -0.15) is 0 Å². The van der Waals surface area contributed by atoms with E-state index in [1.54, 1.807) is 47.2 Å². The Morgan fingerprint density at radius 3 is 2.72 bits per heavy atom. The average molecular weight is 599 g/mol. The van der Waals surface area contributed by atoms with Gasteiger partial charge in [0.25, 0.3) is 0 Å². The molecular formula is C32H24F2N4O4S. The van der Waals surface area contributed by atoms with Gasteiger partial charge in [0.15, 0.2) is 0 Å². The highest BCUT2D eigenvalue weighted by Gasteiger charge is 2.23. The molecule has 43 heavy (non-hydrogen) atoms. The van der Waals surface area contributed by atoms with Gasteiger partial charge in [-0.3, -0.25) is 0 Å². The highest BCUT2D eigenvalue weighted by atomic mass is 32.1. The van der Waals surface area contributed by atoms with Gasteiger partial charge in [-0.05, 0) is 66.1 Å². The van der Waals surface area contributed by atoms with Crippen LogP contribution < -0.4 is 4.74 Å². The molecule has 0 radical (unpaired) electrons. The van der Waals surface area contributed by atoms with Crippen molar-refractivity contribution >= 4 is 38.6 Å². The number of pyridine rings is 1. The van der Waals surface area contributed by atoms with Gasteiger partial charge >= 0.3 is 5.97 Å². The Labute approximate surface area is 248 Å². The number of aromatic nitrogens is 4. The number of thiazole rings is 1. The van der Waals surface area contributed by atoms with E-state index in [0.717, 1.165) is 34.3 Å². The minimum Gasteiger partial charge on any atom is -0.478 e. The topological polar surface area (TPSA) is 99.4 Å². The zero-order valence-electron chi connectivity index (χ0n) is 22.7. The van der Waals surface area contributed by atoms with Crippen LogP contribution in [0.5, 0.6) is 5.88 Å². The van der Waals surface area contributed by atoms with Crippen LogP contribution in [0.4, 0.5) is 8.78 Å². The Morgan fingerprint density at radius 1 is 1.05 bits per heavy atom. The number of benzene rings is 3. The van der Waals surface area contributed by atoms with E-state index in [4.69, 9.17) is 9.47 Å². The van der Waals surface area contributed by atoms with E-state index in [1.807, 2.05) is 22.8 Å². The van der Waals surface area contributed by atoms with E-state index >= 15 is 8.78 Å². The first-order valence-electron chi connectivity index (χ1n) is 13.7. The second-order valence-corrected chi connectivity index (χ2v) is 11.2. The molecule has 1 atom stereocenters. The molecule has 0 bridgehead atoms. The van der Waals surface area contributed by atoms with Crippen LogP contribution in [0.15, 0.2) is 72.2 Å². The van der Waals surface area contributed by atoms with E-state index in [2.05, 4.69) is 15.0 Å². The molecule has 216 valence electrons. The number of hydrogen-bond donors (Lipinski definition) is 1. The summed E-state index contributed by atoms with van der Waals surface area (Å²) in [5.74, 6) is -1.51. The van der Waals surface area contributed by atoms with Gasteiger partial charge in [-0.1, -0.05) is 12.1 Å². The van der Waals surface area contributed by atoms with Crippen LogP contribution in [-0.4, -0.2) is 43.3 Å². The lowest BCUT2D eigenvalue weighted by molar-refractivity contribution is -0.0589. The Balaban J connectivity index is 1.14. The Hall–Kier alpha value is -4.74. The lowest BCUT2D eigenvalue weighted by Crippen LogP contribution is -2.31. The van der Waals surface area contributed by atoms with Crippen molar-refractivity contribution in [3.63, 3.8) is 0 Å². The predicted molar refractivity (Wildman–Crippen MR) is 157 cm³/mol. The highest BCUT2D eigenvalue weighted by molar-refractivity contribution is 7.16. The molecule has 3 aromatic carbocycles. The molecule has 7 rings (SSSR count).